The number of ether oxygens (including phenoxy) is 2. The van der Waals surface area contributed by atoms with Gasteiger partial charge in [-0.3, -0.25) is 4.79 Å². The van der Waals surface area contributed by atoms with Crippen molar-refractivity contribution in [2.24, 2.45) is 5.73 Å². The second kappa shape index (κ2) is 7.90. The molecule has 1 heterocycles. The van der Waals surface area contributed by atoms with Crippen molar-refractivity contribution in [1.82, 2.24) is 5.32 Å². The lowest BCUT2D eigenvalue weighted by Crippen LogP contribution is -2.34. The molecule has 2 atom stereocenters. The normalized spacial score (nSPS) is 23.5. The van der Waals surface area contributed by atoms with E-state index in [1.807, 2.05) is 0 Å². The highest BCUT2D eigenvalue weighted by Gasteiger charge is 2.22. The van der Waals surface area contributed by atoms with Gasteiger partial charge < -0.3 is 20.5 Å². The van der Waals surface area contributed by atoms with E-state index in [2.05, 4.69) is 23.5 Å². The average molecular weight is 318 g/mol. The Balaban J connectivity index is 1.51. The fourth-order valence-electron chi connectivity index (χ4n) is 3.44. The molecule has 0 spiro atoms. The van der Waals surface area contributed by atoms with Crippen LogP contribution < -0.4 is 11.1 Å². The van der Waals surface area contributed by atoms with Crippen LogP contribution in [0.2, 0.25) is 0 Å². The molecule has 1 saturated heterocycles. The molecule has 1 amide bonds. The average Bonchev–Trinajstić information content (AvgIpc) is 3.08. The van der Waals surface area contributed by atoms with Crippen LogP contribution >= 0.6 is 0 Å². The number of hydrogen-bond acceptors (Lipinski definition) is 4. The van der Waals surface area contributed by atoms with E-state index in [4.69, 9.17) is 15.2 Å². The lowest BCUT2D eigenvalue weighted by Gasteiger charge is -2.27. The van der Waals surface area contributed by atoms with Crippen molar-refractivity contribution in [3.63, 3.8) is 0 Å². The minimum Gasteiger partial charge on any atom is -0.376 e. The van der Waals surface area contributed by atoms with Crippen molar-refractivity contribution in [3.05, 3.63) is 34.9 Å². The van der Waals surface area contributed by atoms with Gasteiger partial charge in [0.05, 0.1) is 18.8 Å². The largest absolute Gasteiger partial charge is 0.376 e. The Kier molecular flexibility index (Phi) is 5.65. The van der Waals surface area contributed by atoms with Crippen molar-refractivity contribution in [2.75, 3.05) is 19.8 Å². The number of nitrogens with two attached hydrogens (primary N) is 1. The molecule has 23 heavy (non-hydrogen) atoms. The second-order valence-corrected chi connectivity index (χ2v) is 6.40. The number of carbonyl (C=O) groups excluding carboxylic acids is 1. The first-order valence-corrected chi connectivity index (χ1v) is 8.56. The maximum atomic E-state index is 12.1. The van der Waals surface area contributed by atoms with E-state index in [0.717, 1.165) is 44.3 Å². The summed E-state index contributed by atoms with van der Waals surface area (Å²) in [6, 6.07) is 6.41. The van der Waals surface area contributed by atoms with E-state index in [9.17, 15) is 4.79 Å². The van der Waals surface area contributed by atoms with Crippen molar-refractivity contribution in [2.45, 2.75) is 50.8 Å². The van der Waals surface area contributed by atoms with Crippen molar-refractivity contribution in [1.29, 1.82) is 0 Å². The zero-order chi connectivity index (χ0) is 16.1. The summed E-state index contributed by atoms with van der Waals surface area (Å²) in [5, 5.41) is 3.10. The lowest BCUT2D eigenvalue weighted by atomic mass is 9.86. The summed E-state index contributed by atoms with van der Waals surface area (Å²) in [6.07, 6.45) is 5.40. The molecule has 1 aliphatic heterocycles. The van der Waals surface area contributed by atoms with Gasteiger partial charge in [0.15, 0.2) is 0 Å². The molecule has 3 rings (SSSR count). The number of amides is 1. The van der Waals surface area contributed by atoms with Crippen LogP contribution in [0.5, 0.6) is 0 Å². The Bertz CT molecular complexity index is 541. The smallest absolute Gasteiger partial charge is 0.246 e. The summed E-state index contributed by atoms with van der Waals surface area (Å²) in [5.41, 5.74) is 9.39. The standard InChI is InChI=1S/C18H26N2O3/c19-10-13-6-7-16-14(9-13)3-1-5-17(16)20-18(21)12-22-11-15-4-2-8-23-15/h6-7,9,15,17H,1-5,8,10-12,19H2,(H,20,21). The van der Waals surface area contributed by atoms with Gasteiger partial charge in [0.25, 0.3) is 0 Å². The van der Waals surface area contributed by atoms with Gasteiger partial charge in [-0.25, -0.2) is 0 Å². The fraction of sp³-hybridized carbons (Fsp3) is 0.611. The number of rotatable bonds is 6. The molecule has 0 aromatic heterocycles. The van der Waals surface area contributed by atoms with E-state index in [1.165, 1.54) is 11.1 Å². The van der Waals surface area contributed by atoms with Gasteiger partial charge in [-0.15, -0.1) is 0 Å². The summed E-state index contributed by atoms with van der Waals surface area (Å²) in [6.45, 7) is 1.98. The number of carbonyl (C=O) groups is 1. The highest BCUT2D eigenvalue weighted by Crippen LogP contribution is 2.30. The molecule has 126 valence electrons. The number of nitrogens with one attached hydrogen (secondary N) is 1. The second-order valence-electron chi connectivity index (χ2n) is 6.40. The van der Waals surface area contributed by atoms with Crippen molar-refractivity contribution in [3.8, 4) is 0 Å². The van der Waals surface area contributed by atoms with Crippen LogP contribution in [0.25, 0.3) is 0 Å². The molecule has 0 bridgehead atoms. The van der Waals surface area contributed by atoms with Crippen LogP contribution in [0, 0.1) is 0 Å². The highest BCUT2D eigenvalue weighted by atomic mass is 16.5. The Morgan fingerprint density at radius 3 is 3.04 bits per heavy atom. The molecule has 1 aliphatic carbocycles. The van der Waals surface area contributed by atoms with E-state index < -0.39 is 0 Å². The zero-order valence-corrected chi connectivity index (χ0v) is 13.6. The molecule has 1 fully saturated rings. The van der Waals surface area contributed by atoms with Gasteiger partial charge in [0.1, 0.15) is 6.61 Å². The SMILES string of the molecule is NCc1ccc2c(c1)CCCC2NC(=O)COCC1CCCO1. The van der Waals surface area contributed by atoms with E-state index in [1.54, 1.807) is 0 Å². The minimum atomic E-state index is -0.0521. The summed E-state index contributed by atoms with van der Waals surface area (Å²) < 4.78 is 11.0. The number of aryl methyl sites for hydroxylation is 1. The van der Waals surface area contributed by atoms with Gasteiger partial charge in [-0.2, -0.15) is 0 Å². The number of fused-ring (bicyclic) bond motifs is 1. The first-order valence-electron chi connectivity index (χ1n) is 8.56. The third-order valence-corrected chi connectivity index (χ3v) is 4.65. The third-order valence-electron chi connectivity index (χ3n) is 4.65. The molecule has 2 aliphatic rings. The molecule has 0 saturated carbocycles. The van der Waals surface area contributed by atoms with Crippen LogP contribution in [0.1, 0.15) is 48.4 Å². The van der Waals surface area contributed by atoms with E-state index >= 15 is 0 Å². The molecular weight excluding hydrogens is 292 g/mol. The zero-order valence-electron chi connectivity index (χ0n) is 13.6. The Labute approximate surface area is 137 Å². The van der Waals surface area contributed by atoms with Crippen molar-refractivity contribution >= 4 is 5.91 Å². The molecular formula is C18H26N2O3. The van der Waals surface area contributed by atoms with Crippen LogP contribution in [0.15, 0.2) is 18.2 Å². The number of hydrogen-bond donors (Lipinski definition) is 2. The van der Waals surface area contributed by atoms with Crippen LogP contribution in [0.3, 0.4) is 0 Å². The lowest BCUT2D eigenvalue weighted by molar-refractivity contribution is -0.127. The predicted octanol–water partition coefficient (Wildman–Crippen LogP) is 1.83. The molecule has 5 nitrogen and oxygen atoms in total. The maximum Gasteiger partial charge on any atom is 0.246 e. The Morgan fingerprint density at radius 1 is 1.35 bits per heavy atom. The summed E-state index contributed by atoms with van der Waals surface area (Å²) in [4.78, 5) is 12.1. The molecule has 3 N–H and O–H groups in total. The maximum absolute atomic E-state index is 12.1. The van der Waals surface area contributed by atoms with Gasteiger partial charge >= 0.3 is 0 Å². The van der Waals surface area contributed by atoms with Crippen LogP contribution in [-0.2, 0) is 27.2 Å². The van der Waals surface area contributed by atoms with Gasteiger partial charge in [0.2, 0.25) is 5.91 Å². The highest BCUT2D eigenvalue weighted by molar-refractivity contribution is 5.77. The van der Waals surface area contributed by atoms with Gasteiger partial charge in [-0.1, -0.05) is 18.2 Å². The van der Waals surface area contributed by atoms with E-state index in [0.29, 0.717) is 13.2 Å². The Hall–Kier alpha value is -1.43. The Morgan fingerprint density at radius 2 is 2.26 bits per heavy atom. The van der Waals surface area contributed by atoms with Crippen molar-refractivity contribution < 1.29 is 14.3 Å². The van der Waals surface area contributed by atoms with E-state index in [-0.39, 0.29) is 24.7 Å². The first-order chi connectivity index (χ1) is 11.3. The quantitative estimate of drug-likeness (QED) is 0.839. The van der Waals surface area contributed by atoms with Gasteiger partial charge in [0, 0.05) is 13.2 Å². The third kappa shape index (κ3) is 4.31. The number of benzene rings is 1. The first kappa shape index (κ1) is 16.4. The van der Waals surface area contributed by atoms with Crippen LogP contribution in [0.4, 0.5) is 0 Å². The monoisotopic (exact) mass is 318 g/mol. The molecule has 0 radical (unpaired) electrons. The molecule has 1 aromatic rings. The molecule has 5 heteroatoms. The fourth-order valence-corrected chi connectivity index (χ4v) is 3.44. The van der Waals surface area contributed by atoms with Crippen LogP contribution in [-0.4, -0.2) is 31.8 Å². The summed E-state index contributed by atoms with van der Waals surface area (Å²) >= 11 is 0. The summed E-state index contributed by atoms with van der Waals surface area (Å²) in [7, 11) is 0. The predicted molar refractivity (Wildman–Crippen MR) is 87.9 cm³/mol. The topological polar surface area (TPSA) is 73.6 Å². The van der Waals surface area contributed by atoms with Gasteiger partial charge in [-0.05, 0) is 48.8 Å². The molecule has 1 aromatic carbocycles. The summed E-state index contributed by atoms with van der Waals surface area (Å²) in [5.74, 6) is -0.0521. The molecule has 2 unspecified atom stereocenters. The minimum absolute atomic E-state index is 0.0521.